The molecule has 0 aliphatic heterocycles. The van der Waals surface area contributed by atoms with Crippen LogP contribution in [0.3, 0.4) is 0 Å². The number of aromatic nitrogens is 2. The summed E-state index contributed by atoms with van der Waals surface area (Å²) in [4.78, 5) is 0.217. The lowest BCUT2D eigenvalue weighted by molar-refractivity contribution is 0.270. The van der Waals surface area contributed by atoms with Gasteiger partial charge < -0.3 is 0 Å². The highest BCUT2D eigenvalue weighted by Crippen LogP contribution is 2.25. The summed E-state index contributed by atoms with van der Waals surface area (Å²) in [6.07, 6.45) is 2.92. The average Bonchev–Trinajstić information content (AvgIpc) is 2.59. The zero-order valence-corrected chi connectivity index (χ0v) is 11.5. The van der Waals surface area contributed by atoms with E-state index in [-0.39, 0.29) is 11.4 Å². The van der Waals surface area contributed by atoms with Gasteiger partial charge in [0.25, 0.3) is 0 Å². The number of nitrogens with one attached hydrogen (secondary N) is 1. The summed E-state index contributed by atoms with van der Waals surface area (Å²) in [6.45, 7) is 11.1. The predicted molar refractivity (Wildman–Crippen MR) is 67.2 cm³/mol. The Morgan fingerprint density at radius 1 is 1.53 bits per heavy atom. The van der Waals surface area contributed by atoms with Crippen LogP contribution >= 0.6 is 0 Å². The Kier molecular flexibility index (Phi) is 3.78. The minimum absolute atomic E-state index is 0.217. The largest absolute Gasteiger partial charge is 0.281 e. The third-order valence-corrected chi connectivity index (χ3v) is 4.64. The number of rotatable bonds is 4. The van der Waals surface area contributed by atoms with E-state index in [2.05, 4.69) is 16.8 Å². The summed E-state index contributed by atoms with van der Waals surface area (Å²) in [6, 6.07) is 0. The van der Waals surface area contributed by atoms with Gasteiger partial charge in [-0.2, -0.15) is 9.40 Å². The lowest BCUT2D eigenvalue weighted by Gasteiger charge is -2.33. The van der Waals surface area contributed by atoms with Gasteiger partial charge in [0, 0.05) is 12.1 Å². The molecule has 1 aromatic heterocycles. The van der Waals surface area contributed by atoms with Crippen molar-refractivity contribution in [3.63, 3.8) is 0 Å². The molecule has 0 aliphatic rings. The molecule has 1 heterocycles. The van der Waals surface area contributed by atoms with E-state index in [0.717, 1.165) is 0 Å². The van der Waals surface area contributed by atoms with Crippen LogP contribution in [-0.2, 0) is 10.0 Å². The van der Waals surface area contributed by atoms with Crippen LogP contribution < -0.4 is 0 Å². The van der Waals surface area contributed by atoms with Crippen LogP contribution in [-0.4, -0.2) is 35.0 Å². The molecule has 0 fully saturated rings. The number of nitrogens with zero attached hydrogens (tertiary/aromatic N) is 2. The van der Waals surface area contributed by atoms with E-state index in [1.54, 1.807) is 13.0 Å². The van der Waals surface area contributed by atoms with Crippen molar-refractivity contribution in [2.75, 3.05) is 6.54 Å². The molecule has 1 N–H and O–H groups in total. The molecule has 5 nitrogen and oxygen atoms in total. The van der Waals surface area contributed by atoms with Crippen LogP contribution in [0.2, 0.25) is 0 Å². The second kappa shape index (κ2) is 4.62. The lowest BCUT2D eigenvalue weighted by Crippen LogP contribution is -2.45. The van der Waals surface area contributed by atoms with Gasteiger partial charge in [0.05, 0.1) is 11.9 Å². The highest BCUT2D eigenvalue weighted by Gasteiger charge is 2.34. The topological polar surface area (TPSA) is 66.1 Å². The number of H-pyrrole nitrogens is 1. The van der Waals surface area contributed by atoms with Crippen LogP contribution in [0.25, 0.3) is 0 Å². The molecule has 0 radical (unpaired) electrons. The molecule has 17 heavy (non-hydrogen) atoms. The van der Waals surface area contributed by atoms with Crippen molar-refractivity contribution in [3.8, 4) is 0 Å². The molecule has 0 saturated carbocycles. The monoisotopic (exact) mass is 257 g/mol. The molecule has 0 unspecified atom stereocenters. The van der Waals surface area contributed by atoms with Crippen LogP contribution in [0.4, 0.5) is 0 Å². The van der Waals surface area contributed by atoms with E-state index in [1.165, 1.54) is 10.5 Å². The fourth-order valence-corrected chi connectivity index (χ4v) is 3.45. The summed E-state index contributed by atoms with van der Waals surface area (Å²) >= 11 is 0. The molecule has 0 saturated heterocycles. The second-order valence-corrected chi connectivity index (χ2v) is 6.69. The van der Waals surface area contributed by atoms with E-state index >= 15 is 0 Å². The summed E-state index contributed by atoms with van der Waals surface area (Å²) in [7, 11) is -3.54. The van der Waals surface area contributed by atoms with E-state index in [0.29, 0.717) is 5.69 Å². The number of aryl methyl sites for hydroxylation is 1. The standard InChI is InChI=1S/C11H19N3O2S/c1-6-7-14(11(3,4)5)17(15,16)10-8-12-13-9(10)2/h6,8H,1,7H2,2-5H3,(H,12,13). The van der Waals surface area contributed by atoms with Gasteiger partial charge in [-0.1, -0.05) is 6.08 Å². The first kappa shape index (κ1) is 13.9. The van der Waals surface area contributed by atoms with E-state index in [9.17, 15) is 8.42 Å². The molecular formula is C11H19N3O2S. The summed E-state index contributed by atoms with van der Waals surface area (Å²) in [5.74, 6) is 0. The van der Waals surface area contributed by atoms with Crippen LogP contribution in [0, 0.1) is 6.92 Å². The van der Waals surface area contributed by atoms with Crippen molar-refractivity contribution >= 4 is 10.0 Å². The van der Waals surface area contributed by atoms with E-state index < -0.39 is 15.6 Å². The maximum Gasteiger partial charge on any atom is 0.247 e. The molecule has 96 valence electrons. The van der Waals surface area contributed by atoms with Crippen molar-refractivity contribution < 1.29 is 8.42 Å². The van der Waals surface area contributed by atoms with Gasteiger partial charge in [-0.3, -0.25) is 5.10 Å². The van der Waals surface area contributed by atoms with Gasteiger partial charge in [0.2, 0.25) is 10.0 Å². The minimum atomic E-state index is -3.54. The fourth-order valence-electron chi connectivity index (χ4n) is 1.57. The van der Waals surface area contributed by atoms with Gasteiger partial charge in [0.1, 0.15) is 4.90 Å². The Morgan fingerprint density at radius 2 is 2.12 bits per heavy atom. The van der Waals surface area contributed by atoms with Crippen molar-refractivity contribution in [2.24, 2.45) is 0 Å². The molecule has 0 atom stereocenters. The number of hydrogen-bond acceptors (Lipinski definition) is 3. The lowest BCUT2D eigenvalue weighted by atomic mass is 10.1. The molecule has 6 heteroatoms. The average molecular weight is 257 g/mol. The smallest absolute Gasteiger partial charge is 0.247 e. The van der Waals surface area contributed by atoms with Crippen molar-refractivity contribution in [2.45, 2.75) is 38.1 Å². The Bertz CT molecular complexity index is 497. The Labute approximate surface area is 103 Å². The molecule has 0 aromatic carbocycles. The molecule has 1 rings (SSSR count). The van der Waals surface area contributed by atoms with Crippen LogP contribution in [0.1, 0.15) is 26.5 Å². The maximum absolute atomic E-state index is 12.5. The SMILES string of the molecule is C=CCN(C(C)(C)C)S(=O)(=O)c1cn[nH]c1C. The van der Waals surface area contributed by atoms with E-state index in [1.807, 2.05) is 20.8 Å². The molecule has 0 spiro atoms. The van der Waals surface area contributed by atoms with E-state index in [4.69, 9.17) is 0 Å². The number of hydrogen-bond donors (Lipinski definition) is 1. The highest BCUT2D eigenvalue weighted by molar-refractivity contribution is 7.89. The summed E-state index contributed by atoms with van der Waals surface area (Å²) in [5.41, 5.74) is 0.0415. The highest BCUT2D eigenvalue weighted by atomic mass is 32.2. The van der Waals surface area contributed by atoms with Crippen LogP contribution in [0.5, 0.6) is 0 Å². The third-order valence-electron chi connectivity index (χ3n) is 2.39. The maximum atomic E-state index is 12.5. The van der Waals surface area contributed by atoms with Gasteiger partial charge in [-0.25, -0.2) is 8.42 Å². The van der Waals surface area contributed by atoms with Crippen molar-refractivity contribution in [1.29, 1.82) is 0 Å². The normalized spacial score (nSPS) is 13.0. The van der Waals surface area contributed by atoms with Gasteiger partial charge in [-0.15, -0.1) is 6.58 Å². The first-order valence-corrected chi connectivity index (χ1v) is 6.79. The van der Waals surface area contributed by atoms with Gasteiger partial charge in [0.15, 0.2) is 0 Å². The number of sulfonamides is 1. The third kappa shape index (κ3) is 2.76. The van der Waals surface area contributed by atoms with Crippen molar-refractivity contribution in [1.82, 2.24) is 14.5 Å². The minimum Gasteiger partial charge on any atom is -0.281 e. The second-order valence-electron chi connectivity index (χ2n) is 4.85. The fraction of sp³-hybridized carbons (Fsp3) is 0.545. The number of aromatic amines is 1. The van der Waals surface area contributed by atoms with Gasteiger partial charge in [-0.05, 0) is 27.7 Å². The van der Waals surface area contributed by atoms with Crippen LogP contribution in [0.15, 0.2) is 23.7 Å². The molecule has 0 amide bonds. The van der Waals surface area contributed by atoms with Crippen molar-refractivity contribution in [3.05, 3.63) is 24.5 Å². The summed E-state index contributed by atoms with van der Waals surface area (Å²) in [5, 5.41) is 6.40. The quantitative estimate of drug-likeness (QED) is 0.835. The Hall–Kier alpha value is -1.14. The summed E-state index contributed by atoms with van der Waals surface area (Å²) < 4.78 is 26.3. The zero-order valence-electron chi connectivity index (χ0n) is 10.7. The zero-order chi connectivity index (χ0) is 13.3. The van der Waals surface area contributed by atoms with Gasteiger partial charge >= 0.3 is 0 Å². The first-order chi connectivity index (χ1) is 7.71. The molecule has 0 aliphatic carbocycles. The molecule has 0 bridgehead atoms. The molecule has 1 aromatic rings. The molecular weight excluding hydrogens is 238 g/mol. The Balaban J connectivity index is 3.28. The first-order valence-electron chi connectivity index (χ1n) is 5.35. The predicted octanol–water partition coefficient (Wildman–Crippen LogP) is 1.69. The Morgan fingerprint density at radius 3 is 2.47 bits per heavy atom.